The number of halogens is 1. The van der Waals surface area contributed by atoms with Gasteiger partial charge in [-0.25, -0.2) is 0 Å². The van der Waals surface area contributed by atoms with Crippen LogP contribution >= 0.6 is 12.4 Å². The zero-order valence-corrected chi connectivity index (χ0v) is 14.2. The lowest BCUT2D eigenvalue weighted by molar-refractivity contribution is 0.00705. The summed E-state index contributed by atoms with van der Waals surface area (Å²) in [7, 11) is 0. The van der Waals surface area contributed by atoms with Crippen LogP contribution in [0.4, 0.5) is 0 Å². The summed E-state index contributed by atoms with van der Waals surface area (Å²) in [5, 5.41) is 15.2. The predicted molar refractivity (Wildman–Crippen MR) is 92.6 cm³/mol. The van der Waals surface area contributed by atoms with Crippen molar-refractivity contribution in [2.24, 2.45) is 5.92 Å². The molecule has 0 aliphatic carbocycles. The van der Waals surface area contributed by atoms with E-state index in [0.717, 1.165) is 24.0 Å². The molecule has 1 unspecified atom stereocenters. The van der Waals surface area contributed by atoms with Crippen molar-refractivity contribution in [1.29, 1.82) is 0 Å². The smallest absolute Gasteiger partial charge is 0.256 e. The molecule has 0 radical (unpaired) electrons. The normalized spacial score (nSPS) is 28.8. The monoisotopic (exact) mass is 348 g/mol. The number of carbonyl (C=O) groups excluding carboxylic acids is 1. The summed E-state index contributed by atoms with van der Waals surface area (Å²) < 4.78 is 1.91. The molecule has 7 heteroatoms. The number of piperidine rings is 3. The fraction of sp³-hybridized carbons (Fsp3) is 0.529. The van der Waals surface area contributed by atoms with E-state index in [2.05, 4.69) is 10.00 Å². The summed E-state index contributed by atoms with van der Waals surface area (Å²) in [5.41, 5.74) is 1.45. The maximum absolute atomic E-state index is 13.2. The lowest BCUT2D eigenvalue weighted by Crippen LogP contribution is -2.58. The number of fused-ring (bicyclic) bond motifs is 3. The van der Waals surface area contributed by atoms with Crippen molar-refractivity contribution < 1.29 is 9.90 Å². The van der Waals surface area contributed by atoms with Gasteiger partial charge in [-0.2, -0.15) is 5.10 Å². The highest BCUT2D eigenvalue weighted by Crippen LogP contribution is 2.34. The summed E-state index contributed by atoms with van der Waals surface area (Å²) in [6.07, 6.45) is 4.11. The lowest BCUT2D eigenvalue weighted by atomic mass is 9.83. The van der Waals surface area contributed by atoms with E-state index in [1.165, 1.54) is 25.9 Å². The maximum Gasteiger partial charge on any atom is 0.256 e. The number of carbonyl (C=O) groups is 1. The van der Waals surface area contributed by atoms with Crippen molar-refractivity contribution >= 4 is 29.2 Å². The third kappa shape index (κ3) is 2.20. The highest BCUT2D eigenvalue weighted by molar-refractivity contribution is 6.06. The number of phenolic OH excluding ortho intramolecular Hbond substituents is 1. The molecule has 4 aliphatic heterocycles. The Morgan fingerprint density at radius 1 is 1.12 bits per heavy atom. The molecule has 4 aliphatic rings. The van der Waals surface area contributed by atoms with E-state index < -0.39 is 0 Å². The minimum Gasteiger partial charge on any atom is -0.508 e. The Bertz CT molecular complexity index is 797. The number of amides is 1. The molecule has 128 valence electrons. The second-order valence-electron chi connectivity index (χ2n) is 7.00. The van der Waals surface area contributed by atoms with E-state index in [9.17, 15) is 9.90 Å². The second kappa shape index (κ2) is 5.63. The Balaban J connectivity index is 0.00000146. The van der Waals surface area contributed by atoms with Gasteiger partial charge in [0.15, 0.2) is 0 Å². The second-order valence-corrected chi connectivity index (χ2v) is 7.00. The Hall–Kier alpha value is -1.79. The Kier molecular flexibility index (Phi) is 3.69. The van der Waals surface area contributed by atoms with Gasteiger partial charge >= 0.3 is 0 Å². The number of nitrogens with zero attached hydrogens (tertiary/aromatic N) is 4. The van der Waals surface area contributed by atoms with Crippen LogP contribution in [-0.2, 0) is 6.54 Å². The molecule has 0 saturated carbocycles. The molecule has 1 aromatic heterocycles. The van der Waals surface area contributed by atoms with Crippen LogP contribution in [0.5, 0.6) is 5.75 Å². The van der Waals surface area contributed by atoms with Gasteiger partial charge in [0, 0.05) is 24.5 Å². The molecule has 24 heavy (non-hydrogen) atoms. The highest BCUT2D eigenvalue weighted by atomic mass is 35.5. The number of aromatic nitrogens is 2. The number of rotatable bonds is 1. The summed E-state index contributed by atoms with van der Waals surface area (Å²) in [6, 6.07) is 3.58. The molecular formula is C17H21ClN4O2. The molecule has 2 bridgehead atoms. The van der Waals surface area contributed by atoms with Crippen molar-refractivity contribution in [1.82, 2.24) is 19.6 Å². The summed E-state index contributed by atoms with van der Waals surface area (Å²) in [5.74, 6) is 0.794. The van der Waals surface area contributed by atoms with Crippen LogP contribution < -0.4 is 0 Å². The third-order valence-electron chi connectivity index (χ3n) is 5.78. The average molecular weight is 349 g/mol. The number of hydrogen-bond acceptors (Lipinski definition) is 4. The van der Waals surface area contributed by atoms with E-state index in [0.29, 0.717) is 24.1 Å². The van der Waals surface area contributed by atoms with E-state index in [4.69, 9.17) is 0 Å². The van der Waals surface area contributed by atoms with Crippen molar-refractivity contribution in [2.45, 2.75) is 25.4 Å². The standard InChI is InChI=1S/C17H20N4O2.ClH/c22-13-7-12-9-18-21-6-5-20(17(23)14(8-13)16(12)21)15-10-19-3-1-11(15)2-4-19;/h7-9,11,15,22H,1-6,10H2;1H. The van der Waals surface area contributed by atoms with Crippen LogP contribution in [0.1, 0.15) is 23.2 Å². The predicted octanol–water partition coefficient (Wildman–Crippen LogP) is 1.71. The minimum atomic E-state index is 0. The molecule has 2 aromatic rings. The van der Waals surface area contributed by atoms with Crippen molar-refractivity contribution in [3.05, 3.63) is 23.9 Å². The molecule has 0 spiro atoms. The van der Waals surface area contributed by atoms with Crippen LogP contribution in [0.25, 0.3) is 10.9 Å². The average Bonchev–Trinajstić information content (AvgIpc) is 2.91. The van der Waals surface area contributed by atoms with Crippen LogP contribution in [0.15, 0.2) is 18.3 Å². The first kappa shape index (κ1) is 15.7. The topological polar surface area (TPSA) is 61.6 Å². The van der Waals surface area contributed by atoms with E-state index in [-0.39, 0.29) is 24.1 Å². The van der Waals surface area contributed by atoms with Gasteiger partial charge in [-0.15, -0.1) is 12.4 Å². The summed E-state index contributed by atoms with van der Waals surface area (Å²) in [6.45, 7) is 4.74. The first-order valence-corrected chi connectivity index (χ1v) is 8.42. The Labute approximate surface area is 146 Å². The molecule has 1 atom stereocenters. The van der Waals surface area contributed by atoms with Gasteiger partial charge < -0.3 is 14.9 Å². The number of aromatic hydroxyl groups is 1. The quantitative estimate of drug-likeness (QED) is 0.852. The van der Waals surface area contributed by atoms with Gasteiger partial charge in [0.2, 0.25) is 0 Å². The fourth-order valence-electron chi connectivity index (χ4n) is 4.61. The molecule has 5 heterocycles. The molecule has 3 fully saturated rings. The molecule has 1 aromatic carbocycles. The molecule has 1 amide bonds. The number of hydrogen-bond donors (Lipinski definition) is 1. The minimum absolute atomic E-state index is 0. The van der Waals surface area contributed by atoms with Crippen molar-refractivity contribution in [3.63, 3.8) is 0 Å². The fourth-order valence-corrected chi connectivity index (χ4v) is 4.61. The van der Waals surface area contributed by atoms with Crippen LogP contribution in [0, 0.1) is 5.92 Å². The van der Waals surface area contributed by atoms with Gasteiger partial charge in [-0.05, 0) is 44.0 Å². The van der Waals surface area contributed by atoms with Gasteiger partial charge in [0.1, 0.15) is 5.75 Å². The van der Waals surface area contributed by atoms with E-state index in [1.54, 1.807) is 18.3 Å². The molecule has 1 N–H and O–H groups in total. The Morgan fingerprint density at radius 2 is 1.92 bits per heavy atom. The van der Waals surface area contributed by atoms with E-state index >= 15 is 0 Å². The van der Waals surface area contributed by atoms with Crippen LogP contribution in [0.3, 0.4) is 0 Å². The summed E-state index contributed by atoms with van der Waals surface area (Å²) >= 11 is 0. The van der Waals surface area contributed by atoms with E-state index in [1.807, 2.05) is 9.58 Å². The zero-order valence-electron chi connectivity index (χ0n) is 13.4. The Morgan fingerprint density at radius 3 is 2.62 bits per heavy atom. The largest absolute Gasteiger partial charge is 0.508 e. The molecule has 6 rings (SSSR count). The SMILES string of the molecule is Cl.O=C1c2cc(O)cc3cnn(c23)CCN1C1CN2CCC1CC2. The zero-order chi connectivity index (χ0) is 15.6. The molecular weight excluding hydrogens is 328 g/mol. The van der Waals surface area contributed by atoms with Crippen LogP contribution in [0.2, 0.25) is 0 Å². The molecule has 3 saturated heterocycles. The van der Waals surface area contributed by atoms with Gasteiger partial charge in [-0.1, -0.05) is 0 Å². The van der Waals surface area contributed by atoms with Crippen LogP contribution in [-0.4, -0.2) is 62.8 Å². The number of phenols is 1. The van der Waals surface area contributed by atoms with Gasteiger partial charge in [0.25, 0.3) is 5.91 Å². The van der Waals surface area contributed by atoms with Gasteiger partial charge in [-0.3, -0.25) is 9.48 Å². The lowest BCUT2D eigenvalue weighted by Gasteiger charge is -2.48. The first-order chi connectivity index (χ1) is 11.2. The summed E-state index contributed by atoms with van der Waals surface area (Å²) in [4.78, 5) is 17.7. The van der Waals surface area contributed by atoms with Gasteiger partial charge in [0.05, 0.1) is 23.8 Å². The van der Waals surface area contributed by atoms with Crippen molar-refractivity contribution in [3.8, 4) is 5.75 Å². The number of benzene rings is 1. The molecule has 6 nitrogen and oxygen atoms in total. The third-order valence-corrected chi connectivity index (χ3v) is 5.78. The maximum atomic E-state index is 13.2. The first-order valence-electron chi connectivity index (χ1n) is 8.42. The van der Waals surface area contributed by atoms with Crippen molar-refractivity contribution in [2.75, 3.05) is 26.2 Å². The highest BCUT2D eigenvalue weighted by Gasteiger charge is 2.40.